The molecule has 187 valence electrons. The number of aryl methyl sites for hydroxylation is 2. The van der Waals surface area contributed by atoms with E-state index in [0.717, 1.165) is 55.8 Å². The molecule has 5 nitrogen and oxygen atoms in total. The minimum absolute atomic E-state index is 0. The molecule has 0 amide bonds. The van der Waals surface area contributed by atoms with Crippen LogP contribution in [0.25, 0.3) is 44.4 Å². The quantitative estimate of drug-likeness (QED) is 0.160. The molecule has 6 heteroatoms. The topological polar surface area (TPSA) is 48.8 Å². The zero-order valence-electron chi connectivity index (χ0n) is 20.9. The second-order valence-corrected chi connectivity index (χ2v) is 8.81. The molecule has 38 heavy (non-hydrogen) atoms. The molecule has 0 fully saturated rings. The van der Waals surface area contributed by atoms with Gasteiger partial charge in [-0.2, -0.15) is 52.7 Å². The Kier molecular flexibility index (Phi) is 7.34. The van der Waals surface area contributed by atoms with Crippen LogP contribution < -0.4 is 0 Å². The molecule has 3 aromatic heterocycles. The van der Waals surface area contributed by atoms with Crippen molar-refractivity contribution >= 4 is 21.9 Å². The number of rotatable bonds is 3. The summed E-state index contributed by atoms with van der Waals surface area (Å²) in [5.74, 6) is 0. The average Bonchev–Trinajstić information content (AvgIpc) is 3.68. The molecule has 1 radical (unpaired) electrons. The third kappa shape index (κ3) is 5.09. The van der Waals surface area contributed by atoms with Crippen molar-refractivity contribution in [1.82, 2.24) is 19.6 Å². The number of fused-ring (bicyclic) bond motifs is 3. The summed E-state index contributed by atoms with van der Waals surface area (Å²) in [6.07, 6.45) is 3.65. The summed E-state index contributed by atoms with van der Waals surface area (Å²) < 4.78 is 9.73. The molecule has 0 unspecified atom stereocenters. The zero-order chi connectivity index (χ0) is 25.2. The molecule has 0 aliphatic heterocycles. The third-order valence-corrected chi connectivity index (χ3v) is 6.18. The van der Waals surface area contributed by atoms with E-state index in [1.807, 2.05) is 72.4 Å². The number of nitrogens with zero attached hydrogens (tertiary/aromatic N) is 4. The van der Waals surface area contributed by atoms with Crippen LogP contribution in [0.3, 0.4) is 0 Å². The van der Waals surface area contributed by atoms with Gasteiger partial charge in [-0.05, 0) is 61.1 Å². The van der Waals surface area contributed by atoms with Gasteiger partial charge in [-0.25, -0.2) is 0 Å². The Labute approximate surface area is 234 Å². The molecule has 0 aliphatic rings. The summed E-state index contributed by atoms with van der Waals surface area (Å²) in [5.41, 5.74) is 8.08. The van der Waals surface area contributed by atoms with E-state index in [1.165, 1.54) is 0 Å². The molecule has 3 heterocycles. The fraction of sp³-hybridized carbons (Fsp3) is 0.0625. The van der Waals surface area contributed by atoms with Crippen LogP contribution in [-0.2, 0) is 19.5 Å². The van der Waals surface area contributed by atoms with Gasteiger partial charge in [0.05, 0.1) is 5.69 Å². The first kappa shape index (κ1) is 25.4. The van der Waals surface area contributed by atoms with Crippen molar-refractivity contribution in [1.29, 1.82) is 0 Å². The predicted molar refractivity (Wildman–Crippen MR) is 147 cm³/mol. The second-order valence-electron chi connectivity index (χ2n) is 8.81. The van der Waals surface area contributed by atoms with Gasteiger partial charge < -0.3 is 4.42 Å². The number of para-hydroxylation sites is 2. The Balaban J connectivity index is 0.000000206. The van der Waals surface area contributed by atoms with Crippen molar-refractivity contribution in [2.75, 3.05) is 0 Å². The number of aromatic nitrogens is 4. The number of benzene rings is 4. The van der Waals surface area contributed by atoms with Gasteiger partial charge in [0, 0.05) is 28.9 Å². The van der Waals surface area contributed by atoms with Gasteiger partial charge in [0.1, 0.15) is 11.2 Å². The summed E-state index contributed by atoms with van der Waals surface area (Å²) in [6, 6.07) is 38.7. The van der Waals surface area contributed by atoms with Crippen LogP contribution in [0.1, 0.15) is 11.4 Å². The van der Waals surface area contributed by atoms with Gasteiger partial charge in [-0.3, -0.25) is 9.36 Å². The normalized spacial score (nSPS) is 10.7. The number of hydrogen-bond donors (Lipinski definition) is 0. The van der Waals surface area contributed by atoms with Crippen LogP contribution in [0.4, 0.5) is 0 Å². The third-order valence-electron chi connectivity index (χ3n) is 6.18. The smallest absolute Gasteiger partial charge is 0.456 e. The molecule has 0 saturated carbocycles. The van der Waals surface area contributed by atoms with E-state index in [4.69, 9.17) is 4.42 Å². The van der Waals surface area contributed by atoms with Gasteiger partial charge >= 0.3 is 19.5 Å². The van der Waals surface area contributed by atoms with Crippen molar-refractivity contribution in [3.8, 4) is 22.5 Å². The molecule has 0 saturated heterocycles. The Morgan fingerprint density at radius 2 is 1.50 bits per heavy atom. The summed E-state index contributed by atoms with van der Waals surface area (Å²) in [6.45, 7) is 4.06. The average molecular weight is 583 g/mol. The second kappa shape index (κ2) is 11.0. The molecule has 0 N–H and O–H groups in total. The van der Waals surface area contributed by atoms with Gasteiger partial charge in [-0.1, -0.05) is 24.3 Å². The van der Waals surface area contributed by atoms with Gasteiger partial charge in [-0.15, -0.1) is 17.7 Å². The standard InChI is InChI=1S/C23H17N2O.C9H7N2.Rh/c1-15-12-16(2)25(24-15)19-7-5-6-17(13-19)18-10-11-21-20-8-3-4-9-22(20)26-23(21)14-18;1-2-5-9(6-3-1)11-8-4-7-10-11;/h3-6,8-14H,1-2H3;1-5,7-8H;/q2*-1;+2. The largest absolute Gasteiger partial charge is 2.00 e. The van der Waals surface area contributed by atoms with E-state index in [1.54, 1.807) is 10.9 Å². The van der Waals surface area contributed by atoms with Crippen LogP contribution in [0, 0.1) is 26.0 Å². The van der Waals surface area contributed by atoms with E-state index in [0.29, 0.717) is 0 Å². The maximum Gasteiger partial charge on any atom is 2.00 e. The summed E-state index contributed by atoms with van der Waals surface area (Å²) in [5, 5.41) is 10.9. The van der Waals surface area contributed by atoms with Crippen molar-refractivity contribution < 1.29 is 23.9 Å². The van der Waals surface area contributed by atoms with E-state index in [-0.39, 0.29) is 19.5 Å². The van der Waals surface area contributed by atoms with Crippen LogP contribution >= 0.6 is 0 Å². The summed E-state index contributed by atoms with van der Waals surface area (Å²) in [4.78, 5) is 0. The SMILES string of the molecule is Cc1cc(C)n(-c2[c-]ccc(-c3ccc4c(c3)oc3ccccc34)c2)n1.[Rh+2].[c-]1ccccc1-n1cccn1. The minimum atomic E-state index is 0. The number of hydrogen-bond acceptors (Lipinski definition) is 3. The van der Waals surface area contributed by atoms with Crippen LogP contribution in [0.2, 0.25) is 0 Å². The first-order chi connectivity index (χ1) is 18.2. The number of furan rings is 1. The van der Waals surface area contributed by atoms with Crippen LogP contribution in [0.5, 0.6) is 0 Å². The summed E-state index contributed by atoms with van der Waals surface area (Å²) in [7, 11) is 0. The minimum Gasteiger partial charge on any atom is -0.456 e. The Bertz CT molecular complexity index is 1800. The fourth-order valence-electron chi connectivity index (χ4n) is 4.47. The first-order valence-electron chi connectivity index (χ1n) is 12.1. The van der Waals surface area contributed by atoms with E-state index in [2.05, 4.69) is 71.7 Å². The monoisotopic (exact) mass is 583 g/mol. The molecular formula is C32H24N4ORh. The molecule has 4 aromatic carbocycles. The molecule has 0 aliphatic carbocycles. The van der Waals surface area contributed by atoms with E-state index < -0.39 is 0 Å². The molecule has 0 atom stereocenters. The molecule has 7 aromatic rings. The van der Waals surface area contributed by atoms with Gasteiger partial charge in [0.15, 0.2) is 0 Å². The van der Waals surface area contributed by atoms with Crippen molar-refractivity contribution in [3.63, 3.8) is 0 Å². The van der Waals surface area contributed by atoms with E-state index in [9.17, 15) is 0 Å². The molecule has 7 rings (SSSR count). The van der Waals surface area contributed by atoms with Crippen molar-refractivity contribution in [3.05, 3.63) is 133 Å². The first-order valence-corrected chi connectivity index (χ1v) is 12.1. The maximum atomic E-state index is 6.03. The van der Waals surface area contributed by atoms with Gasteiger partial charge in [0.2, 0.25) is 0 Å². The molecular weight excluding hydrogens is 559 g/mol. The predicted octanol–water partition coefficient (Wildman–Crippen LogP) is 7.53. The Morgan fingerprint density at radius 3 is 2.26 bits per heavy atom. The Hall–Kier alpha value is -4.28. The van der Waals surface area contributed by atoms with Crippen LogP contribution in [-0.4, -0.2) is 19.6 Å². The van der Waals surface area contributed by atoms with E-state index >= 15 is 0 Å². The van der Waals surface area contributed by atoms with Crippen LogP contribution in [0.15, 0.2) is 114 Å². The molecule has 0 bridgehead atoms. The summed E-state index contributed by atoms with van der Waals surface area (Å²) >= 11 is 0. The maximum absolute atomic E-state index is 6.03. The van der Waals surface area contributed by atoms with Gasteiger partial charge in [0.25, 0.3) is 0 Å². The zero-order valence-corrected chi connectivity index (χ0v) is 22.6. The fourth-order valence-corrected chi connectivity index (χ4v) is 4.47. The van der Waals surface area contributed by atoms with Crippen molar-refractivity contribution in [2.45, 2.75) is 13.8 Å². The Morgan fingerprint density at radius 1 is 0.711 bits per heavy atom. The molecule has 0 spiro atoms. The van der Waals surface area contributed by atoms with Crippen molar-refractivity contribution in [2.24, 2.45) is 0 Å².